The molecule has 2 nitrogen and oxygen atoms in total. The van der Waals surface area contributed by atoms with Crippen molar-refractivity contribution < 1.29 is 23.1 Å². The summed E-state index contributed by atoms with van der Waals surface area (Å²) < 4.78 is 41.0. The number of carboxylic acids is 1. The highest BCUT2D eigenvalue weighted by molar-refractivity contribution is 5.86. The van der Waals surface area contributed by atoms with Crippen LogP contribution in [0.3, 0.4) is 0 Å². The van der Waals surface area contributed by atoms with E-state index in [1.165, 1.54) is 28.5 Å². The minimum atomic E-state index is -4.48. The number of carboxylic acid groups (broad SMARTS) is 1. The SMILES string of the molecule is C[C@@H](CC1CCC(c2ccc(CCC(=O)O)c(C(F)(F)F)c2)C1)c1cccc2ccccc12. The van der Waals surface area contributed by atoms with E-state index in [4.69, 9.17) is 5.11 Å². The summed E-state index contributed by atoms with van der Waals surface area (Å²) in [5.74, 6) is -0.121. The second-order valence-corrected chi connectivity index (χ2v) is 9.39. The van der Waals surface area contributed by atoms with Crippen LogP contribution in [0.15, 0.2) is 60.7 Å². The number of carbonyl (C=O) groups is 1. The number of hydrogen-bond acceptors (Lipinski definition) is 1. The third-order valence-corrected chi connectivity index (χ3v) is 7.10. The van der Waals surface area contributed by atoms with Gasteiger partial charge in [-0.15, -0.1) is 0 Å². The highest BCUT2D eigenvalue weighted by Crippen LogP contribution is 2.44. The van der Waals surface area contributed by atoms with E-state index in [2.05, 4.69) is 43.3 Å². The molecule has 5 heteroatoms. The van der Waals surface area contributed by atoms with Gasteiger partial charge in [-0.2, -0.15) is 13.2 Å². The maximum Gasteiger partial charge on any atom is 0.416 e. The Balaban J connectivity index is 1.47. The summed E-state index contributed by atoms with van der Waals surface area (Å²) in [6.07, 6.45) is -1.08. The Bertz CT molecular complexity index is 1130. The molecule has 1 aliphatic carbocycles. The molecule has 1 fully saturated rings. The topological polar surface area (TPSA) is 37.3 Å². The normalized spacial score (nSPS) is 19.6. The van der Waals surface area contributed by atoms with Crippen LogP contribution in [0.4, 0.5) is 13.2 Å². The minimum Gasteiger partial charge on any atom is -0.481 e. The molecule has 1 aliphatic rings. The minimum absolute atomic E-state index is 0.0628. The van der Waals surface area contributed by atoms with Crippen LogP contribution in [-0.2, 0) is 17.4 Å². The Morgan fingerprint density at radius 2 is 1.82 bits per heavy atom. The van der Waals surface area contributed by atoms with Gasteiger partial charge >= 0.3 is 12.1 Å². The Hall–Kier alpha value is -2.82. The van der Waals surface area contributed by atoms with Gasteiger partial charge in [-0.3, -0.25) is 4.79 Å². The molecule has 174 valence electrons. The molecule has 2 unspecified atom stereocenters. The van der Waals surface area contributed by atoms with E-state index in [-0.39, 0.29) is 24.3 Å². The summed E-state index contributed by atoms with van der Waals surface area (Å²) in [4.78, 5) is 10.8. The van der Waals surface area contributed by atoms with Crippen LogP contribution >= 0.6 is 0 Å². The summed E-state index contributed by atoms with van der Waals surface area (Å²) in [5.41, 5.74) is 1.43. The second kappa shape index (κ2) is 9.58. The summed E-state index contributed by atoms with van der Waals surface area (Å²) in [7, 11) is 0. The van der Waals surface area contributed by atoms with Crippen molar-refractivity contribution in [3.05, 3.63) is 82.9 Å². The molecule has 0 bridgehead atoms. The van der Waals surface area contributed by atoms with Crippen molar-refractivity contribution in [3.8, 4) is 0 Å². The number of rotatable bonds is 7. The van der Waals surface area contributed by atoms with Crippen LogP contribution in [0, 0.1) is 5.92 Å². The Morgan fingerprint density at radius 1 is 1.06 bits per heavy atom. The molecule has 0 radical (unpaired) electrons. The maximum absolute atomic E-state index is 13.7. The van der Waals surface area contributed by atoms with Gasteiger partial charge in [0.2, 0.25) is 0 Å². The first-order valence-corrected chi connectivity index (χ1v) is 11.6. The fraction of sp³-hybridized carbons (Fsp3) is 0.393. The van der Waals surface area contributed by atoms with E-state index in [1.54, 1.807) is 6.07 Å². The van der Waals surface area contributed by atoms with E-state index in [0.29, 0.717) is 11.8 Å². The molecule has 0 aromatic heterocycles. The molecule has 1 saturated carbocycles. The quantitative estimate of drug-likeness (QED) is 0.393. The molecule has 0 spiro atoms. The van der Waals surface area contributed by atoms with Gasteiger partial charge in [-0.25, -0.2) is 0 Å². The summed E-state index contributed by atoms with van der Waals surface area (Å²) in [6.45, 7) is 2.24. The monoisotopic (exact) mass is 454 g/mol. The fourth-order valence-electron chi connectivity index (χ4n) is 5.47. The molecule has 4 rings (SSSR count). The molecule has 0 heterocycles. The first-order chi connectivity index (χ1) is 15.7. The zero-order chi connectivity index (χ0) is 23.6. The highest BCUT2D eigenvalue weighted by Gasteiger charge is 2.35. The molecular formula is C28H29F3O2. The van der Waals surface area contributed by atoms with Crippen LogP contribution in [0.1, 0.15) is 73.1 Å². The highest BCUT2D eigenvalue weighted by atomic mass is 19.4. The lowest BCUT2D eigenvalue weighted by Crippen LogP contribution is -2.12. The smallest absolute Gasteiger partial charge is 0.416 e. The molecule has 0 aliphatic heterocycles. The van der Waals surface area contributed by atoms with Crippen LogP contribution in [0.5, 0.6) is 0 Å². The van der Waals surface area contributed by atoms with Crippen molar-refractivity contribution in [1.82, 2.24) is 0 Å². The Labute approximate surface area is 192 Å². The van der Waals surface area contributed by atoms with E-state index in [1.807, 2.05) is 6.07 Å². The lowest BCUT2D eigenvalue weighted by Gasteiger charge is -2.20. The molecule has 0 saturated heterocycles. The number of fused-ring (bicyclic) bond motifs is 1. The lowest BCUT2D eigenvalue weighted by molar-refractivity contribution is -0.140. The Morgan fingerprint density at radius 3 is 2.58 bits per heavy atom. The summed E-state index contributed by atoms with van der Waals surface area (Å²) >= 11 is 0. The average molecular weight is 455 g/mol. The van der Waals surface area contributed by atoms with Crippen LogP contribution in [0.25, 0.3) is 10.8 Å². The Kier molecular flexibility index (Phi) is 6.78. The molecular weight excluding hydrogens is 425 g/mol. The maximum atomic E-state index is 13.7. The van der Waals surface area contributed by atoms with Gasteiger partial charge in [-0.1, -0.05) is 61.5 Å². The first-order valence-electron chi connectivity index (χ1n) is 11.6. The summed E-state index contributed by atoms with van der Waals surface area (Å²) in [5, 5.41) is 11.4. The van der Waals surface area contributed by atoms with E-state index < -0.39 is 17.7 Å². The van der Waals surface area contributed by atoms with Gasteiger partial charge in [0.15, 0.2) is 0 Å². The van der Waals surface area contributed by atoms with Crippen molar-refractivity contribution in [1.29, 1.82) is 0 Å². The average Bonchev–Trinajstić information content (AvgIpc) is 3.25. The largest absolute Gasteiger partial charge is 0.481 e. The fourth-order valence-corrected chi connectivity index (χ4v) is 5.47. The molecule has 3 aromatic carbocycles. The zero-order valence-corrected chi connectivity index (χ0v) is 18.7. The van der Waals surface area contributed by atoms with E-state index in [0.717, 1.165) is 31.2 Å². The van der Waals surface area contributed by atoms with Gasteiger partial charge < -0.3 is 5.11 Å². The van der Waals surface area contributed by atoms with Gasteiger partial charge in [0.25, 0.3) is 0 Å². The zero-order valence-electron chi connectivity index (χ0n) is 18.7. The summed E-state index contributed by atoms with van der Waals surface area (Å²) in [6, 6.07) is 19.3. The molecule has 33 heavy (non-hydrogen) atoms. The van der Waals surface area contributed by atoms with E-state index >= 15 is 0 Å². The number of alkyl halides is 3. The van der Waals surface area contributed by atoms with E-state index in [9.17, 15) is 18.0 Å². The molecule has 3 atom stereocenters. The van der Waals surface area contributed by atoms with Crippen LogP contribution in [0.2, 0.25) is 0 Å². The number of hydrogen-bond donors (Lipinski definition) is 1. The van der Waals surface area contributed by atoms with Gasteiger partial charge in [0, 0.05) is 6.42 Å². The van der Waals surface area contributed by atoms with Gasteiger partial charge in [-0.05, 0) is 83.4 Å². The number of benzene rings is 3. The van der Waals surface area contributed by atoms with Crippen molar-refractivity contribution in [2.24, 2.45) is 5.92 Å². The molecule has 3 aromatic rings. The predicted molar refractivity (Wildman–Crippen MR) is 124 cm³/mol. The molecule has 0 amide bonds. The van der Waals surface area contributed by atoms with Crippen molar-refractivity contribution in [2.75, 3.05) is 0 Å². The predicted octanol–water partition coefficient (Wildman–Crippen LogP) is 7.95. The van der Waals surface area contributed by atoms with Crippen molar-refractivity contribution in [2.45, 2.75) is 63.5 Å². The van der Waals surface area contributed by atoms with Crippen LogP contribution < -0.4 is 0 Å². The second-order valence-electron chi connectivity index (χ2n) is 9.39. The van der Waals surface area contributed by atoms with Crippen molar-refractivity contribution >= 4 is 16.7 Å². The lowest BCUT2D eigenvalue weighted by atomic mass is 9.85. The third-order valence-electron chi connectivity index (χ3n) is 7.10. The van der Waals surface area contributed by atoms with Crippen molar-refractivity contribution in [3.63, 3.8) is 0 Å². The number of aliphatic carboxylic acids is 1. The van der Waals surface area contributed by atoms with Crippen LogP contribution in [-0.4, -0.2) is 11.1 Å². The standard InChI is InChI=1S/C28H29F3O2/c1-18(24-8-4-6-20-5-2-3-7-25(20)24)15-19-9-10-22(16-19)23-12-11-21(13-14-27(32)33)26(17-23)28(29,30)31/h2-8,11-12,17-19,22H,9-10,13-16H2,1H3,(H,32,33)/t18-,19?,22?/m0/s1. The van der Waals surface area contributed by atoms with Gasteiger partial charge in [0.05, 0.1) is 5.56 Å². The first kappa shape index (κ1) is 23.3. The number of halogens is 3. The van der Waals surface area contributed by atoms with Gasteiger partial charge in [0.1, 0.15) is 0 Å². The third kappa shape index (κ3) is 5.40. The molecule has 1 N–H and O–H groups in total. The number of aryl methyl sites for hydroxylation is 1.